The molecule has 3 unspecified atom stereocenters. The van der Waals surface area contributed by atoms with Crippen molar-refractivity contribution in [2.75, 3.05) is 26.2 Å². The first-order valence-electron chi connectivity index (χ1n) is 7.91. The maximum atomic E-state index is 3.87. The van der Waals surface area contributed by atoms with E-state index in [9.17, 15) is 0 Å². The number of nitrogens with one attached hydrogen (secondary N) is 1. The van der Waals surface area contributed by atoms with E-state index >= 15 is 0 Å². The highest BCUT2D eigenvalue weighted by atomic mass is 15.1. The van der Waals surface area contributed by atoms with E-state index in [2.05, 4.69) is 44.8 Å². The van der Waals surface area contributed by atoms with Crippen LogP contribution in [0.5, 0.6) is 0 Å². The number of likely N-dealkylation sites (N-methyl/N-ethyl adjacent to an activating group) is 1. The molecule has 3 atom stereocenters. The number of nitrogens with zero attached hydrogens (tertiary/aromatic N) is 1. The molecule has 0 saturated heterocycles. The summed E-state index contributed by atoms with van der Waals surface area (Å²) in [5.74, 6) is 0.952. The zero-order valence-electron chi connectivity index (χ0n) is 13.1. The highest BCUT2D eigenvalue weighted by Crippen LogP contribution is 2.65. The molecule has 2 rings (SSSR count). The standard InChI is InChI=1S/C16H32N2/c1-6-18(7-2)11-10-17-14-12-13-8-9-16(14,5)15(13,3)4/h13-14,17H,6-12H2,1-5H3. The van der Waals surface area contributed by atoms with Crippen molar-refractivity contribution < 1.29 is 0 Å². The molecule has 2 bridgehead atoms. The van der Waals surface area contributed by atoms with E-state index in [-0.39, 0.29) is 0 Å². The van der Waals surface area contributed by atoms with Crippen molar-refractivity contribution in [1.29, 1.82) is 0 Å². The molecule has 0 aliphatic heterocycles. The number of hydrogen-bond acceptors (Lipinski definition) is 2. The van der Waals surface area contributed by atoms with Crippen molar-refractivity contribution in [2.45, 2.75) is 59.9 Å². The van der Waals surface area contributed by atoms with Crippen LogP contribution in [0.4, 0.5) is 0 Å². The molecule has 0 amide bonds. The molecule has 2 fully saturated rings. The van der Waals surface area contributed by atoms with Gasteiger partial charge in [0.2, 0.25) is 0 Å². The Bertz CT molecular complexity index is 283. The highest BCUT2D eigenvalue weighted by molar-refractivity contribution is 5.12. The summed E-state index contributed by atoms with van der Waals surface area (Å²) in [7, 11) is 0. The van der Waals surface area contributed by atoms with Gasteiger partial charge in [-0.15, -0.1) is 0 Å². The van der Waals surface area contributed by atoms with Crippen LogP contribution in [0.2, 0.25) is 0 Å². The lowest BCUT2D eigenvalue weighted by atomic mass is 9.69. The zero-order valence-corrected chi connectivity index (χ0v) is 13.1. The number of rotatable bonds is 6. The van der Waals surface area contributed by atoms with Crippen LogP contribution in [0.15, 0.2) is 0 Å². The molecule has 2 aliphatic carbocycles. The minimum absolute atomic E-state index is 0.529. The predicted octanol–water partition coefficient (Wildman–Crippen LogP) is 3.13. The molecular weight excluding hydrogens is 220 g/mol. The van der Waals surface area contributed by atoms with Crippen molar-refractivity contribution in [1.82, 2.24) is 10.2 Å². The lowest BCUT2D eigenvalue weighted by molar-refractivity contribution is 0.119. The van der Waals surface area contributed by atoms with Crippen LogP contribution in [0.25, 0.3) is 0 Å². The Hall–Kier alpha value is -0.0800. The molecule has 0 radical (unpaired) electrons. The van der Waals surface area contributed by atoms with Gasteiger partial charge < -0.3 is 10.2 Å². The van der Waals surface area contributed by atoms with Gasteiger partial charge in [0.25, 0.3) is 0 Å². The summed E-state index contributed by atoms with van der Waals surface area (Å²) in [6.45, 7) is 16.7. The molecule has 1 N–H and O–H groups in total. The molecule has 2 heteroatoms. The van der Waals surface area contributed by atoms with Crippen molar-refractivity contribution in [3.05, 3.63) is 0 Å². The highest BCUT2D eigenvalue weighted by Gasteiger charge is 2.60. The van der Waals surface area contributed by atoms with Crippen LogP contribution < -0.4 is 5.32 Å². The Morgan fingerprint density at radius 1 is 1.17 bits per heavy atom. The van der Waals surface area contributed by atoms with E-state index < -0.39 is 0 Å². The summed E-state index contributed by atoms with van der Waals surface area (Å²) in [5, 5.41) is 3.87. The number of hydrogen-bond donors (Lipinski definition) is 1. The maximum absolute atomic E-state index is 3.87. The smallest absolute Gasteiger partial charge is 0.0129 e. The van der Waals surface area contributed by atoms with Crippen molar-refractivity contribution in [3.8, 4) is 0 Å². The molecule has 2 saturated carbocycles. The first kappa shape index (κ1) is 14.3. The van der Waals surface area contributed by atoms with E-state index in [0.717, 1.165) is 18.5 Å². The molecule has 0 heterocycles. The Kier molecular flexibility index (Phi) is 4.08. The summed E-state index contributed by atoms with van der Waals surface area (Å²) < 4.78 is 0. The molecule has 2 aliphatic rings. The second-order valence-electron chi connectivity index (χ2n) is 7.14. The lowest BCUT2D eigenvalue weighted by Gasteiger charge is -2.40. The van der Waals surface area contributed by atoms with Gasteiger partial charge in [0.05, 0.1) is 0 Å². The third kappa shape index (κ3) is 2.12. The van der Waals surface area contributed by atoms with Gasteiger partial charge in [-0.1, -0.05) is 34.6 Å². The van der Waals surface area contributed by atoms with Gasteiger partial charge >= 0.3 is 0 Å². The summed E-state index contributed by atoms with van der Waals surface area (Å²) in [4.78, 5) is 2.51. The van der Waals surface area contributed by atoms with E-state index in [1.807, 2.05) is 0 Å². The number of fused-ring (bicyclic) bond motifs is 2. The Balaban J connectivity index is 1.85. The molecular formula is C16H32N2. The van der Waals surface area contributed by atoms with Crippen LogP contribution >= 0.6 is 0 Å². The quantitative estimate of drug-likeness (QED) is 0.781. The fourth-order valence-electron chi connectivity index (χ4n) is 4.45. The average molecular weight is 252 g/mol. The summed E-state index contributed by atoms with van der Waals surface area (Å²) in [5.41, 5.74) is 1.07. The minimum Gasteiger partial charge on any atom is -0.312 e. The Morgan fingerprint density at radius 3 is 2.28 bits per heavy atom. The van der Waals surface area contributed by atoms with Gasteiger partial charge in [-0.2, -0.15) is 0 Å². The molecule has 0 aromatic heterocycles. The fraction of sp³-hybridized carbons (Fsp3) is 1.00. The van der Waals surface area contributed by atoms with E-state index in [1.54, 1.807) is 0 Å². The molecule has 0 aromatic carbocycles. The van der Waals surface area contributed by atoms with Crippen LogP contribution in [-0.4, -0.2) is 37.1 Å². The van der Waals surface area contributed by atoms with Crippen LogP contribution in [0, 0.1) is 16.7 Å². The van der Waals surface area contributed by atoms with Crippen LogP contribution in [0.3, 0.4) is 0 Å². The van der Waals surface area contributed by atoms with Gasteiger partial charge in [-0.05, 0) is 49.1 Å². The SMILES string of the molecule is CCN(CC)CCNC1CC2CCC1(C)C2(C)C. The summed E-state index contributed by atoms with van der Waals surface area (Å²) in [6.07, 6.45) is 4.28. The second-order valence-corrected chi connectivity index (χ2v) is 7.14. The summed E-state index contributed by atoms with van der Waals surface area (Å²) >= 11 is 0. The van der Waals surface area contributed by atoms with Gasteiger partial charge in [0, 0.05) is 19.1 Å². The van der Waals surface area contributed by atoms with E-state index in [0.29, 0.717) is 10.8 Å². The summed E-state index contributed by atoms with van der Waals surface area (Å²) in [6, 6.07) is 0.752. The normalized spacial score (nSPS) is 37.7. The topological polar surface area (TPSA) is 15.3 Å². The third-order valence-corrected chi connectivity index (χ3v) is 6.51. The van der Waals surface area contributed by atoms with E-state index in [1.165, 1.54) is 38.9 Å². The first-order chi connectivity index (χ1) is 8.45. The van der Waals surface area contributed by atoms with Gasteiger partial charge in [0.1, 0.15) is 0 Å². The predicted molar refractivity (Wildman–Crippen MR) is 78.8 cm³/mol. The largest absolute Gasteiger partial charge is 0.312 e. The molecule has 0 spiro atoms. The maximum Gasteiger partial charge on any atom is 0.0129 e. The van der Waals surface area contributed by atoms with Crippen molar-refractivity contribution in [3.63, 3.8) is 0 Å². The van der Waals surface area contributed by atoms with Crippen LogP contribution in [-0.2, 0) is 0 Å². The molecule has 106 valence electrons. The average Bonchev–Trinajstić information content (AvgIpc) is 2.67. The van der Waals surface area contributed by atoms with Gasteiger partial charge in [-0.25, -0.2) is 0 Å². The van der Waals surface area contributed by atoms with Gasteiger partial charge in [0.15, 0.2) is 0 Å². The fourth-order valence-corrected chi connectivity index (χ4v) is 4.45. The molecule has 2 nitrogen and oxygen atoms in total. The Labute approximate surface area is 114 Å². The zero-order chi connectivity index (χ0) is 13.4. The molecule has 0 aromatic rings. The third-order valence-electron chi connectivity index (χ3n) is 6.51. The monoisotopic (exact) mass is 252 g/mol. The van der Waals surface area contributed by atoms with Crippen LogP contribution in [0.1, 0.15) is 53.9 Å². The van der Waals surface area contributed by atoms with E-state index in [4.69, 9.17) is 0 Å². The van der Waals surface area contributed by atoms with Crippen molar-refractivity contribution >= 4 is 0 Å². The lowest BCUT2D eigenvalue weighted by Crippen LogP contribution is -2.46. The minimum atomic E-state index is 0.529. The van der Waals surface area contributed by atoms with Crippen molar-refractivity contribution in [2.24, 2.45) is 16.7 Å². The van der Waals surface area contributed by atoms with Gasteiger partial charge in [-0.3, -0.25) is 0 Å². The first-order valence-corrected chi connectivity index (χ1v) is 7.91. The Morgan fingerprint density at radius 2 is 1.83 bits per heavy atom. The second kappa shape index (κ2) is 5.13. The molecule has 18 heavy (non-hydrogen) atoms.